The smallest absolute Gasteiger partial charge is 0.324 e. The monoisotopic (exact) mass is 379 g/mol. The number of rotatable bonds is 1. The molecule has 2 aliphatic heterocycles. The zero-order valence-corrected chi connectivity index (χ0v) is 16.4. The number of likely N-dealkylation sites (tertiary alicyclic amines) is 1. The van der Waals surface area contributed by atoms with Gasteiger partial charge in [0.25, 0.3) is 5.91 Å². The minimum Gasteiger partial charge on any atom is -0.324 e. The minimum atomic E-state index is -0.240. The van der Waals surface area contributed by atoms with Gasteiger partial charge in [-0.1, -0.05) is 12.1 Å². The molecular weight excluding hydrogens is 354 g/mol. The van der Waals surface area contributed by atoms with Crippen molar-refractivity contribution in [2.75, 3.05) is 30.9 Å². The molecule has 0 unspecified atom stereocenters. The number of nitrogens with one attached hydrogen (secondary N) is 1. The van der Waals surface area contributed by atoms with Crippen LogP contribution in [0.25, 0.3) is 0 Å². The number of fused-ring (bicyclic) bond motifs is 2. The summed E-state index contributed by atoms with van der Waals surface area (Å²) in [6.45, 7) is 3.14. The quantitative estimate of drug-likeness (QED) is 0.825. The molecule has 4 rings (SSSR count). The predicted molar refractivity (Wildman–Crippen MR) is 109 cm³/mol. The molecular formula is C21H25N5O2. The molecule has 3 heterocycles. The van der Waals surface area contributed by atoms with E-state index in [0.29, 0.717) is 28.8 Å². The van der Waals surface area contributed by atoms with E-state index in [-0.39, 0.29) is 18.0 Å². The summed E-state index contributed by atoms with van der Waals surface area (Å²) in [7, 11) is 3.96. The van der Waals surface area contributed by atoms with Gasteiger partial charge in [0.05, 0.1) is 16.9 Å². The summed E-state index contributed by atoms with van der Waals surface area (Å²) in [5.74, 6) is 0.203. The zero-order valence-electron chi connectivity index (χ0n) is 16.4. The van der Waals surface area contributed by atoms with Gasteiger partial charge in [-0.05, 0) is 51.1 Å². The van der Waals surface area contributed by atoms with Gasteiger partial charge in [0.15, 0.2) is 5.82 Å². The third kappa shape index (κ3) is 3.11. The van der Waals surface area contributed by atoms with Crippen molar-refractivity contribution < 1.29 is 9.59 Å². The predicted octanol–water partition coefficient (Wildman–Crippen LogP) is 3.32. The fourth-order valence-electron chi connectivity index (χ4n) is 3.96. The van der Waals surface area contributed by atoms with E-state index in [2.05, 4.69) is 29.2 Å². The third-order valence-corrected chi connectivity index (χ3v) is 5.86. The summed E-state index contributed by atoms with van der Waals surface area (Å²) >= 11 is 0. The van der Waals surface area contributed by atoms with E-state index >= 15 is 0 Å². The van der Waals surface area contributed by atoms with Crippen LogP contribution in [0.3, 0.4) is 0 Å². The Morgan fingerprint density at radius 2 is 2.04 bits per heavy atom. The Morgan fingerprint density at radius 1 is 1.25 bits per heavy atom. The number of piperidine rings is 1. The van der Waals surface area contributed by atoms with Crippen molar-refractivity contribution in [3.63, 3.8) is 0 Å². The van der Waals surface area contributed by atoms with Crippen LogP contribution in [0.15, 0.2) is 42.6 Å². The van der Waals surface area contributed by atoms with E-state index in [9.17, 15) is 9.59 Å². The maximum atomic E-state index is 13.6. The molecule has 1 aromatic carbocycles. The van der Waals surface area contributed by atoms with E-state index < -0.39 is 0 Å². The minimum absolute atomic E-state index is 0.143. The van der Waals surface area contributed by atoms with Crippen molar-refractivity contribution in [1.29, 1.82) is 0 Å². The molecule has 0 aliphatic carbocycles. The van der Waals surface area contributed by atoms with Gasteiger partial charge in [0.1, 0.15) is 0 Å². The molecule has 2 aromatic rings. The molecule has 28 heavy (non-hydrogen) atoms. The van der Waals surface area contributed by atoms with Crippen LogP contribution in [0.5, 0.6) is 0 Å². The van der Waals surface area contributed by atoms with Gasteiger partial charge in [-0.2, -0.15) is 0 Å². The van der Waals surface area contributed by atoms with Crippen molar-refractivity contribution in [3.05, 3.63) is 48.2 Å². The number of anilines is 3. The SMILES string of the molecule is C[C@@H]1C[C@H](N(C)C(=O)N2c3ccccc3C(=O)Nc3cccnc32)CCN1C. The molecule has 2 atom stereocenters. The Labute approximate surface area is 164 Å². The Hall–Kier alpha value is -2.93. The molecule has 0 radical (unpaired) electrons. The van der Waals surface area contributed by atoms with E-state index in [1.165, 1.54) is 0 Å². The topological polar surface area (TPSA) is 68.8 Å². The van der Waals surface area contributed by atoms with Crippen LogP contribution < -0.4 is 10.2 Å². The second kappa shape index (κ2) is 7.24. The van der Waals surface area contributed by atoms with Gasteiger partial charge in [0.2, 0.25) is 0 Å². The number of benzene rings is 1. The van der Waals surface area contributed by atoms with Crippen LogP contribution >= 0.6 is 0 Å². The molecule has 3 amide bonds. The molecule has 7 nitrogen and oxygen atoms in total. The zero-order chi connectivity index (χ0) is 19.8. The van der Waals surface area contributed by atoms with E-state index in [1.807, 2.05) is 13.1 Å². The first-order valence-corrected chi connectivity index (χ1v) is 9.60. The number of hydrogen-bond acceptors (Lipinski definition) is 4. The molecule has 7 heteroatoms. The summed E-state index contributed by atoms with van der Waals surface area (Å²) in [4.78, 5) is 36.4. The van der Waals surface area contributed by atoms with Crippen molar-refractivity contribution in [2.24, 2.45) is 0 Å². The van der Waals surface area contributed by atoms with Crippen molar-refractivity contribution >= 4 is 29.1 Å². The van der Waals surface area contributed by atoms with Crippen LogP contribution in [0.4, 0.5) is 22.0 Å². The number of carbonyl (C=O) groups is 2. The molecule has 146 valence electrons. The molecule has 1 aromatic heterocycles. The Bertz CT molecular complexity index is 915. The first-order chi connectivity index (χ1) is 13.5. The summed E-state index contributed by atoms with van der Waals surface area (Å²) in [6.07, 6.45) is 3.47. The van der Waals surface area contributed by atoms with Gasteiger partial charge in [-0.3, -0.25) is 4.79 Å². The van der Waals surface area contributed by atoms with Crippen LogP contribution in [0.2, 0.25) is 0 Å². The summed E-state index contributed by atoms with van der Waals surface area (Å²) in [5, 5.41) is 2.87. The van der Waals surface area contributed by atoms with Crippen LogP contribution in [-0.4, -0.2) is 59.4 Å². The summed E-state index contributed by atoms with van der Waals surface area (Å²) in [5.41, 5.74) is 1.54. The van der Waals surface area contributed by atoms with E-state index in [0.717, 1.165) is 19.4 Å². The second-order valence-electron chi connectivity index (χ2n) is 7.58. The van der Waals surface area contributed by atoms with Gasteiger partial charge in [0, 0.05) is 31.9 Å². The number of para-hydroxylation sites is 1. The molecule has 2 aliphatic rings. The van der Waals surface area contributed by atoms with Gasteiger partial charge in [-0.15, -0.1) is 0 Å². The fraction of sp³-hybridized carbons (Fsp3) is 0.381. The average Bonchev–Trinajstić information content (AvgIpc) is 2.83. The Morgan fingerprint density at radius 3 is 2.82 bits per heavy atom. The lowest BCUT2D eigenvalue weighted by Gasteiger charge is -2.40. The van der Waals surface area contributed by atoms with E-state index in [1.54, 1.807) is 46.3 Å². The molecule has 1 saturated heterocycles. The second-order valence-corrected chi connectivity index (χ2v) is 7.58. The highest BCUT2D eigenvalue weighted by molar-refractivity contribution is 6.16. The van der Waals surface area contributed by atoms with Crippen molar-refractivity contribution in [2.45, 2.75) is 31.8 Å². The Kier molecular flexibility index (Phi) is 4.77. The van der Waals surface area contributed by atoms with Crippen molar-refractivity contribution in [1.82, 2.24) is 14.8 Å². The van der Waals surface area contributed by atoms with E-state index in [4.69, 9.17) is 0 Å². The normalized spacial score (nSPS) is 22.0. The fourth-order valence-corrected chi connectivity index (χ4v) is 3.96. The molecule has 1 N–H and O–H groups in total. The highest BCUT2D eigenvalue weighted by Crippen LogP contribution is 2.37. The number of pyridine rings is 1. The highest BCUT2D eigenvalue weighted by atomic mass is 16.2. The van der Waals surface area contributed by atoms with Gasteiger partial charge >= 0.3 is 6.03 Å². The van der Waals surface area contributed by atoms with Crippen LogP contribution in [-0.2, 0) is 0 Å². The average molecular weight is 379 g/mol. The molecule has 0 saturated carbocycles. The molecule has 0 spiro atoms. The standard InChI is InChI=1S/C21H25N5O2/c1-14-13-15(10-12-24(14)2)25(3)21(28)26-18-9-5-4-7-16(18)20(27)23-17-8-6-11-22-19(17)26/h4-9,11,14-15H,10,12-13H2,1-3H3,(H,23,27)/t14-,15-/m1/s1. The number of nitrogens with zero attached hydrogens (tertiary/aromatic N) is 4. The number of hydrogen-bond donors (Lipinski definition) is 1. The molecule has 1 fully saturated rings. The van der Waals surface area contributed by atoms with Gasteiger partial charge in [-0.25, -0.2) is 14.7 Å². The summed E-state index contributed by atoms with van der Waals surface area (Å²) < 4.78 is 0. The number of urea groups is 1. The van der Waals surface area contributed by atoms with Crippen LogP contribution in [0.1, 0.15) is 30.1 Å². The lowest BCUT2D eigenvalue weighted by Crippen LogP contribution is -2.51. The number of carbonyl (C=O) groups excluding carboxylic acids is 2. The Balaban J connectivity index is 1.75. The first-order valence-electron chi connectivity index (χ1n) is 9.60. The molecule has 0 bridgehead atoms. The highest BCUT2D eigenvalue weighted by Gasteiger charge is 2.35. The lowest BCUT2D eigenvalue weighted by molar-refractivity contribution is 0.102. The number of aromatic nitrogens is 1. The number of amides is 3. The first kappa shape index (κ1) is 18.4. The third-order valence-electron chi connectivity index (χ3n) is 5.86. The lowest BCUT2D eigenvalue weighted by atomic mass is 9.98. The maximum absolute atomic E-state index is 13.6. The van der Waals surface area contributed by atoms with Gasteiger partial charge < -0.3 is 15.1 Å². The maximum Gasteiger partial charge on any atom is 0.330 e. The largest absolute Gasteiger partial charge is 0.330 e. The summed E-state index contributed by atoms with van der Waals surface area (Å²) in [6, 6.07) is 11.1. The van der Waals surface area contributed by atoms with Crippen LogP contribution in [0, 0.1) is 0 Å². The van der Waals surface area contributed by atoms with Crippen molar-refractivity contribution in [3.8, 4) is 0 Å².